The van der Waals surface area contributed by atoms with E-state index < -0.39 is 5.63 Å². The minimum absolute atomic E-state index is 0.235. The number of ether oxygens (including phenoxy) is 1. The van der Waals surface area contributed by atoms with Gasteiger partial charge in [0.1, 0.15) is 0 Å². The van der Waals surface area contributed by atoms with Crippen LogP contribution in [0.4, 0.5) is 0 Å². The van der Waals surface area contributed by atoms with Crippen molar-refractivity contribution in [1.29, 1.82) is 0 Å². The Morgan fingerprint density at radius 3 is 2.48 bits per heavy atom. The average Bonchev–Trinajstić information content (AvgIpc) is 2.63. The molecule has 0 N–H and O–H groups in total. The topological polar surface area (TPSA) is 39.4 Å². The highest BCUT2D eigenvalue weighted by molar-refractivity contribution is 6.30. The van der Waals surface area contributed by atoms with Gasteiger partial charge >= 0.3 is 5.63 Å². The molecule has 0 radical (unpaired) electrons. The summed E-state index contributed by atoms with van der Waals surface area (Å²) < 4.78 is 11.1. The summed E-state index contributed by atoms with van der Waals surface area (Å²) >= 11 is 6.03. The maximum absolute atomic E-state index is 12.5. The number of benzene rings is 3. The van der Waals surface area contributed by atoms with Crippen molar-refractivity contribution in [2.45, 2.75) is 6.92 Å². The van der Waals surface area contributed by atoms with E-state index in [1.807, 2.05) is 61.5 Å². The monoisotopic (exact) mass is 350 g/mol. The number of rotatable bonds is 3. The summed E-state index contributed by atoms with van der Waals surface area (Å²) in [6.07, 6.45) is 0. The summed E-state index contributed by atoms with van der Waals surface area (Å²) in [5, 5.41) is 4.05. The highest BCUT2D eigenvalue weighted by Gasteiger charge is 2.19. The minimum Gasteiger partial charge on any atom is -0.465 e. The van der Waals surface area contributed by atoms with E-state index in [0.29, 0.717) is 17.0 Å². The van der Waals surface area contributed by atoms with Crippen LogP contribution in [-0.2, 0) is 0 Å². The highest BCUT2D eigenvalue weighted by atomic mass is 35.5. The summed E-state index contributed by atoms with van der Waals surface area (Å²) in [5.41, 5.74) is 1.25. The molecule has 4 rings (SSSR count). The number of hydrogen-bond acceptors (Lipinski definition) is 3. The number of hydrogen-bond donors (Lipinski definition) is 0. The Labute approximate surface area is 149 Å². The van der Waals surface area contributed by atoms with Crippen LogP contribution in [0.3, 0.4) is 0 Å². The van der Waals surface area contributed by atoms with E-state index in [1.165, 1.54) is 0 Å². The second-order valence-corrected chi connectivity index (χ2v) is 6.14. The third-order valence-corrected chi connectivity index (χ3v) is 4.45. The van der Waals surface area contributed by atoms with Crippen LogP contribution in [0.15, 0.2) is 69.9 Å². The van der Waals surface area contributed by atoms with Gasteiger partial charge in [-0.2, -0.15) is 0 Å². The van der Waals surface area contributed by atoms with Gasteiger partial charge in [-0.25, -0.2) is 4.79 Å². The van der Waals surface area contributed by atoms with E-state index in [-0.39, 0.29) is 5.95 Å². The van der Waals surface area contributed by atoms with E-state index in [1.54, 1.807) is 6.07 Å². The van der Waals surface area contributed by atoms with Crippen LogP contribution in [0, 0.1) is 0 Å². The lowest BCUT2D eigenvalue weighted by Crippen LogP contribution is -2.05. The van der Waals surface area contributed by atoms with Crippen LogP contribution >= 0.6 is 11.6 Å². The SMILES string of the molecule is CCOc1oc(=O)c2ccc3ccccc3c2c1-c1ccc(Cl)cc1. The molecule has 4 heteroatoms. The summed E-state index contributed by atoms with van der Waals surface area (Å²) in [7, 11) is 0. The molecule has 3 aromatic carbocycles. The first-order valence-electron chi connectivity index (χ1n) is 8.06. The first kappa shape index (κ1) is 15.7. The molecule has 0 saturated heterocycles. The van der Waals surface area contributed by atoms with Crippen molar-refractivity contribution in [2.75, 3.05) is 6.61 Å². The van der Waals surface area contributed by atoms with Crippen molar-refractivity contribution in [3.63, 3.8) is 0 Å². The van der Waals surface area contributed by atoms with Crippen molar-refractivity contribution in [3.05, 3.63) is 76.1 Å². The molecular weight excluding hydrogens is 336 g/mol. The van der Waals surface area contributed by atoms with Gasteiger partial charge in [-0.3, -0.25) is 0 Å². The van der Waals surface area contributed by atoms with E-state index >= 15 is 0 Å². The third-order valence-electron chi connectivity index (χ3n) is 4.20. The second kappa shape index (κ2) is 6.26. The minimum atomic E-state index is -0.401. The fourth-order valence-electron chi connectivity index (χ4n) is 3.11. The van der Waals surface area contributed by atoms with Crippen LogP contribution in [0.2, 0.25) is 5.02 Å². The Kier molecular flexibility index (Phi) is 3.94. The van der Waals surface area contributed by atoms with Crippen LogP contribution in [0.1, 0.15) is 6.92 Å². The van der Waals surface area contributed by atoms with Crippen molar-refractivity contribution in [1.82, 2.24) is 0 Å². The van der Waals surface area contributed by atoms with E-state index in [4.69, 9.17) is 20.8 Å². The quantitative estimate of drug-likeness (QED) is 0.447. The van der Waals surface area contributed by atoms with Gasteiger partial charge in [0.2, 0.25) is 0 Å². The van der Waals surface area contributed by atoms with Crippen molar-refractivity contribution >= 4 is 33.1 Å². The molecule has 0 fully saturated rings. The van der Waals surface area contributed by atoms with Crippen LogP contribution in [0.5, 0.6) is 5.95 Å². The molecule has 25 heavy (non-hydrogen) atoms. The molecule has 1 heterocycles. The summed E-state index contributed by atoms with van der Waals surface area (Å²) in [6, 6.07) is 19.1. The highest BCUT2D eigenvalue weighted by Crippen LogP contribution is 2.39. The largest absolute Gasteiger partial charge is 0.465 e. The first-order valence-corrected chi connectivity index (χ1v) is 8.44. The molecule has 4 aromatic rings. The van der Waals surface area contributed by atoms with Gasteiger partial charge in [0.05, 0.1) is 17.6 Å². The third kappa shape index (κ3) is 2.67. The number of halogens is 1. The molecule has 0 bridgehead atoms. The zero-order valence-electron chi connectivity index (χ0n) is 13.6. The van der Waals surface area contributed by atoms with Crippen LogP contribution < -0.4 is 10.4 Å². The molecule has 124 valence electrons. The Hall–Kier alpha value is -2.78. The number of fused-ring (bicyclic) bond motifs is 3. The van der Waals surface area contributed by atoms with Gasteiger partial charge in [0, 0.05) is 10.4 Å². The molecule has 0 aliphatic carbocycles. The van der Waals surface area contributed by atoms with E-state index in [2.05, 4.69) is 0 Å². The normalized spacial score (nSPS) is 11.1. The molecular formula is C21H15ClO3. The summed E-state index contributed by atoms with van der Waals surface area (Å²) in [5.74, 6) is 0.235. The summed E-state index contributed by atoms with van der Waals surface area (Å²) in [6.45, 7) is 2.26. The first-order chi connectivity index (χ1) is 12.2. The van der Waals surface area contributed by atoms with Crippen molar-refractivity contribution < 1.29 is 9.15 Å². The molecule has 0 atom stereocenters. The summed E-state index contributed by atoms with van der Waals surface area (Å²) in [4.78, 5) is 12.5. The smallest absolute Gasteiger partial charge is 0.346 e. The van der Waals surface area contributed by atoms with Crippen LogP contribution in [-0.4, -0.2) is 6.61 Å². The Bertz CT molecular complexity index is 1130. The van der Waals surface area contributed by atoms with Gasteiger partial charge in [0.15, 0.2) is 0 Å². The molecule has 0 spiro atoms. The van der Waals surface area contributed by atoms with Gasteiger partial charge in [-0.1, -0.05) is 54.1 Å². The maximum atomic E-state index is 12.5. The maximum Gasteiger partial charge on any atom is 0.346 e. The van der Waals surface area contributed by atoms with Gasteiger partial charge in [-0.05, 0) is 41.5 Å². The molecule has 1 aromatic heterocycles. The lowest BCUT2D eigenvalue weighted by atomic mass is 9.96. The van der Waals surface area contributed by atoms with Gasteiger partial charge in [-0.15, -0.1) is 0 Å². The zero-order chi connectivity index (χ0) is 17.4. The van der Waals surface area contributed by atoms with Crippen molar-refractivity contribution in [3.8, 4) is 17.1 Å². The molecule has 3 nitrogen and oxygen atoms in total. The van der Waals surface area contributed by atoms with Gasteiger partial charge < -0.3 is 9.15 Å². The molecule has 0 aliphatic heterocycles. The molecule has 0 amide bonds. The molecule has 0 aliphatic rings. The van der Waals surface area contributed by atoms with Crippen LogP contribution in [0.25, 0.3) is 32.7 Å². The zero-order valence-corrected chi connectivity index (χ0v) is 14.3. The molecule has 0 unspecified atom stereocenters. The molecule has 0 saturated carbocycles. The standard InChI is InChI=1S/C21H15ClO3/c1-2-24-21-18(14-7-10-15(22)11-8-14)19-16-6-4-3-5-13(16)9-12-17(19)20(23)25-21/h3-12H,2H2,1H3. The van der Waals surface area contributed by atoms with E-state index in [0.717, 1.165) is 27.3 Å². The Balaban J connectivity index is 2.21. The lowest BCUT2D eigenvalue weighted by Gasteiger charge is -2.13. The van der Waals surface area contributed by atoms with E-state index in [9.17, 15) is 4.79 Å². The predicted molar refractivity (Wildman–Crippen MR) is 102 cm³/mol. The Morgan fingerprint density at radius 2 is 1.72 bits per heavy atom. The second-order valence-electron chi connectivity index (χ2n) is 5.70. The average molecular weight is 351 g/mol. The fourth-order valence-corrected chi connectivity index (χ4v) is 3.24. The predicted octanol–water partition coefficient (Wildman–Crippen LogP) is 5.67. The van der Waals surface area contributed by atoms with Crippen molar-refractivity contribution in [2.24, 2.45) is 0 Å². The lowest BCUT2D eigenvalue weighted by molar-refractivity contribution is 0.247. The van der Waals surface area contributed by atoms with Gasteiger partial charge in [0.25, 0.3) is 5.95 Å². The fraction of sp³-hybridized carbons (Fsp3) is 0.0952. The Morgan fingerprint density at radius 1 is 0.960 bits per heavy atom.